The Hall–Kier alpha value is -2.30. The van der Waals surface area contributed by atoms with Gasteiger partial charge >= 0.3 is 12.3 Å². The molecule has 0 spiro atoms. The highest BCUT2D eigenvalue weighted by Crippen LogP contribution is 2.30. The molecule has 1 amide bonds. The largest absolute Gasteiger partial charge is 0.444 e. The third-order valence-corrected chi connectivity index (χ3v) is 4.42. The van der Waals surface area contributed by atoms with Gasteiger partial charge in [0.15, 0.2) is 5.69 Å². The molecule has 2 rings (SSSR count). The quantitative estimate of drug-likeness (QED) is 0.693. The van der Waals surface area contributed by atoms with Gasteiger partial charge in [0.05, 0.1) is 0 Å². The Morgan fingerprint density at radius 2 is 1.80 bits per heavy atom. The first kappa shape index (κ1) is 24.0. The minimum Gasteiger partial charge on any atom is -0.444 e. The molecule has 1 fully saturated rings. The normalized spacial score (nSPS) is 15.8. The first-order chi connectivity index (χ1) is 13.8. The number of piperazine rings is 1. The van der Waals surface area contributed by atoms with Crippen LogP contribution in [-0.2, 0) is 10.9 Å². The van der Waals surface area contributed by atoms with E-state index in [0.717, 1.165) is 25.7 Å². The van der Waals surface area contributed by atoms with Crippen molar-refractivity contribution in [1.82, 2.24) is 19.8 Å². The van der Waals surface area contributed by atoms with Crippen molar-refractivity contribution in [2.24, 2.45) is 0 Å². The number of ether oxygens (including phenoxy) is 1. The highest BCUT2D eigenvalue weighted by atomic mass is 19.4. The number of nitrogens with zero attached hydrogens (tertiary/aromatic N) is 5. The van der Waals surface area contributed by atoms with E-state index < -0.39 is 17.5 Å². The molecule has 0 aromatic carbocycles. The molecule has 0 aliphatic carbocycles. The third-order valence-electron chi connectivity index (χ3n) is 4.42. The van der Waals surface area contributed by atoms with Gasteiger partial charge < -0.3 is 19.9 Å². The van der Waals surface area contributed by atoms with Gasteiger partial charge in [-0.3, -0.25) is 4.90 Å². The Morgan fingerprint density at radius 3 is 2.33 bits per heavy atom. The van der Waals surface area contributed by atoms with Gasteiger partial charge in [-0.25, -0.2) is 9.78 Å². The van der Waals surface area contributed by atoms with Crippen LogP contribution < -0.4 is 10.2 Å². The molecule has 1 aliphatic rings. The van der Waals surface area contributed by atoms with Gasteiger partial charge in [-0.05, 0) is 33.7 Å². The van der Waals surface area contributed by atoms with Crippen LogP contribution in [0.5, 0.6) is 0 Å². The van der Waals surface area contributed by atoms with E-state index in [1.54, 1.807) is 19.0 Å². The molecular formula is C19H31F3N6O2. The molecular weight excluding hydrogens is 401 g/mol. The van der Waals surface area contributed by atoms with Crippen molar-refractivity contribution in [2.45, 2.75) is 39.0 Å². The van der Waals surface area contributed by atoms with Gasteiger partial charge in [0, 0.05) is 52.9 Å². The standard InChI is InChI=1S/C19H31F3N6O2/c1-18(2,3)30-17(29)28-11-9-27(10-12-28)8-6-7-23-16-24-14(19(20,21)22)13-15(25-16)26(4)5/h13H,6-12H2,1-5H3,(H,23,24,25). The number of halogens is 3. The Balaban J connectivity index is 1.78. The summed E-state index contributed by atoms with van der Waals surface area (Å²) < 4.78 is 44.5. The summed E-state index contributed by atoms with van der Waals surface area (Å²) in [4.78, 5) is 25.2. The van der Waals surface area contributed by atoms with Crippen LogP contribution in [0.1, 0.15) is 32.9 Å². The van der Waals surface area contributed by atoms with Crippen LogP contribution in [0.25, 0.3) is 0 Å². The topological polar surface area (TPSA) is 73.8 Å². The van der Waals surface area contributed by atoms with E-state index in [1.807, 2.05) is 20.8 Å². The maximum Gasteiger partial charge on any atom is 0.433 e. The van der Waals surface area contributed by atoms with Crippen LogP contribution in [0.2, 0.25) is 0 Å². The zero-order valence-corrected chi connectivity index (χ0v) is 18.2. The molecule has 0 radical (unpaired) electrons. The van der Waals surface area contributed by atoms with E-state index in [-0.39, 0.29) is 17.9 Å². The van der Waals surface area contributed by atoms with Crippen molar-refractivity contribution in [3.63, 3.8) is 0 Å². The average molecular weight is 432 g/mol. The number of hydrogen-bond donors (Lipinski definition) is 1. The fourth-order valence-corrected chi connectivity index (χ4v) is 2.87. The predicted octanol–water partition coefficient (Wildman–Crippen LogP) is 2.92. The van der Waals surface area contributed by atoms with E-state index in [9.17, 15) is 18.0 Å². The highest BCUT2D eigenvalue weighted by molar-refractivity contribution is 5.68. The van der Waals surface area contributed by atoms with Gasteiger partial charge in [-0.1, -0.05) is 0 Å². The molecule has 1 saturated heterocycles. The summed E-state index contributed by atoms with van der Waals surface area (Å²) in [5, 5.41) is 2.88. The van der Waals surface area contributed by atoms with Gasteiger partial charge in [-0.15, -0.1) is 0 Å². The van der Waals surface area contributed by atoms with Crippen LogP contribution in [0.4, 0.5) is 29.7 Å². The maximum atomic E-state index is 13.0. The molecule has 1 N–H and O–H groups in total. The van der Waals surface area contributed by atoms with Crippen LogP contribution >= 0.6 is 0 Å². The molecule has 2 heterocycles. The lowest BCUT2D eigenvalue weighted by Gasteiger charge is -2.35. The number of alkyl halides is 3. The number of aromatic nitrogens is 2. The SMILES string of the molecule is CN(C)c1cc(C(F)(F)F)nc(NCCCN2CCN(C(=O)OC(C)(C)C)CC2)n1. The second-order valence-electron chi connectivity index (χ2n) is 8.42. The summed E-state index contributed by atoms with van der Waals surface area (Å²) in [5.41, 5.74) is -1.49. The van der Waals surface area contributed by atoms with Crippen molar-refractivity contribution < 1.29 is 22.7 Å². The van der Waals surface area contributed by atoms with Crippen LogP contribution in [0, 0.1) is 0 Å². The van der Waals surface area contributed by atoms with E-state index in [1.165, 1.54) is 4.90 Å². The monoisotopic (exact) mass is 432 g/mol. The Morgan fingerprint density at radius 1 is 1.17 bits per heavy atom. The summed E-state index contributed by atoms with van der Waals surface area (Å²) >= 11 is 0. The number of anilines is 2. The molecule has 0 unspecified atom stereocenters. The summed E-state index contributed by atoms with van der Waals surface area (Å²) in [5.74, 6) is 0.154. The summed E-state index contributed by atoms with van der Waals surface area (Å²) in [6.07, 6.45) is -4.12. The second-order valence-corrected chi connectivity index (χ2v) is 8.42. The third kappa shape index (κ3) is 7.51. The van der Waals surface area contributed by atoms with Crippen LogP contribution in [0.15, 0.2) is 6.07 Å². The van der Waals surface area contributed by atoms with Crippen molar-refractivity contribution in [3.05, 3.63) is 11.8 Å². The van der Waals surface area contributed by atoms with Crippen LogP contribution in [0.3, 0.4) is 0 Å². The first-order valence-electron chi connectivity index (χ1n) is 9.93. The van der Waals surface area contributed by atoms with Crippen molar-refractivity contribution >= 4 is 17.9 Å². The minimum atomic E-state index is -4.53. The van der Waals surface area contributed by atoms with Crippen molar-refractivity contribution in [1.29, 1.82) is 0 Å². The van der Waals surface area contributed by atoms with Gasteiger partial charge in [0.1, 0.15) is 11.4 Å². The molecule has 8 nitrogen and oxygen atoms in total. The lowest BCUT2D eigenvalue weighted by atomic mass is 10.2. The summed E-state index contributed by atoms with van der Waals surface area (Å²) in [6.45, 7) is 9.34. The molecule has 11 heteroatoms. The molecule has 0 saturated carbocycles. The van der Waals surface area contributed by atoms with Gasteiger partial charge in [0.2, 0.25) is 5.95 Å². The maximum absolute atomic E-state index is 13.0. The lowest BCUT2D eigenvalue weighted by molar-refractivity contribution is -0.141. The second kappa shape index (κ2) is 9.67. The Labute approximate surface area is 175 Å². The predicted molar refractivity (Wildman–Crippen MR) is 109 cm³/mol. The summed E-state index contributed by atoms with van der Waals surface area (Å²) in [6, 6.07) is 0.926. The van der Waals surface area contributed by atoms with Crippen molar-refractivity contribution in [3.8, 4) is 0 Å². The molecule has 1 aromatic heterocycles. The zero-order valence-electron chi connectivity index (χ0n) is 18.2. The zero-order chi connectivity index (χ0) is 22.5. The fourth-order valence-electron chi connectivity index (χ4n) is 2.87. The average Bonchev–Trinajstić information content (AvgIpc) is 2.63. The number of rotatable bonds is 6. The number of carbonyl (C=O) groups is 1. The number of carbonyl (C=O) groups excluding carboxylic acids is 1. The van der Waals surface area contributed by atoms with Gasteiger partial charge in [-0.2, -0.15) is 18.2 Å². The lowest BCUT2D eigenvalue weighted by Crippen LogP contribution is -2.50. The number of nitrogens with one attached hydrogen (secondary N) is 1. The first-order valence-corrected chi connectivity index (χ1v) is 9.93. The van der Waals surface area contributed by atoms with E-state index in [2.05, 4.69) is 20.2 Å². The molecule has 170 valence electrons. The van der Waals surface area contributed by atoms with E-state index in [4.69, 9.17) is 4.74 Å². The highest BCUT2D eigenvalue weighted by Gasteiger charge is 2.34. The summed E-state index contributed by atoms with van der Waals surface area (Å²) in [7, 11) is 3.26. The number of amides is 1. The van der Waals surface area contributed by atoms with Gasteiger partial charge in [0.25, 0.3) is 0 Å². The Kier molecular flexibility index (Phi) is 7.73. The number of hydrogen-bond acceptors (Lipinski definition) is 7. The molecule has 30 heavy (non-hydrogen) atoms. The molecule has 1 aliphatic heterocycles. The Bertz CT molecular complexity index is 713. The molecule has 0 bridgehead atoms. The minimum absolute atomic E-state index is 0.0386. The smallest absolute Gasteiger partial charge is 0.433 e. The molecule has 1 aromatic rings. The van der Waals surface area contributed by atoms with Crippen LogP contribution in [-0.4, -0.2) is 84.8 Å². The van der Waals surface area contributed by atoms with Crippen molar-refractivity contribution in [2.75, 3.05) is 63.6 Å². The van der Waals surface area contributed by atoms with E-state index >= 15 is 0 Å². The van der Waals surface area contributed by atoms with E-state index in [0.29, 0.717) is 26.1 Å². The molecule has 0 atom stereocenters. The fraction of sp³-hybridized carbons (Fsp3) is 0.737.